The lowest BCUT2D eigenvalue weighted by Crippen LogP contribution is -2.25. The van der Waals surface area contributed by atoms with E-state index < -0.39 is 0 Å². The number of ether oxygens (including phenoxy) is 1. The number of phenols is 1. The molecular formula is C22H21N3O2S. The summed E-state index contributed by atoms with van der Waals surface area (Å²) in [4.78, 5) is 9.87. The molecule has 5 rings (SSSR count). The summed E-state index contributed by atoms with van der Waals surface area (Å²) in [6.07, 6.45) is 1.73. The van der Waals surface area contributed by atoms with Crippen LogP contribution in [0.25, 0.3) is 21.2 Å². The summed E-state index contributed by atoms with van der Waals surface area (Å²) in [6, 6.07) is 12.3. The number of aromatic amines is 1. The van der Waals surface area contributed by atoms with Crippen LogP contribution in [0.2, 0.25) is 0 Å². The van der Waals surface area contributed by atoms with Crippen molar-refractivity contribution in [3.05, 3.63) is 65.1 Å². The smallest absolute Gasteiger partial charge is 0.165 e. The highest BCUT2D eigenvalue weighted by atomic mass is 32.1. The number of imidazole rings is 1. The molecule has 1 aliphatic rings. The number of aromatic hydroxyl groups is 1. The molecule has 0 bridgehead atoms. The van der Waals surface area contributed by atoms with Crippen LogP contribution in [0.4, 0.5) is 0 Å². The number of hydrogen-bond acceptors (Lipinski definition) is 5. The highest BCUT2D eigenvalue weighted by Crippen LogP contribution is 2.41. The van der Waals surface area contributed by atoms with Crippen molar-refractivity contribution in [2.75, 3.05) is 13.2 Å². The topological polar surface area (TPSA) is 61.4 Å². The molecule has 0 spiro atoms. The Balaban J connectivity index is 1.52. The Morgan fingerprint density at radius 3 is 3.04 bits per heavy atom. The van der Waals surface area contributed by atoms with Crippen LogP contribution >= 0.6 is 11.3 Å². The summed E-state index contributed by atoms with van der Waals surface area (Å²) < 4.78 is 7.15. The Morgan fingerprint density at radius 2 is 2.18 bits per heavy atom. The first-order valence-corrected chi connectivity index (χ1v) is 10.2. The van der Waals surface area contributed by atoms with E-state index in [0.717, 1.165) is 41.2 Å². The number of aryl methyl sites for hydroxylation is 1. The molecule has 5 nitrogen and oxygen atoms in total. The molecule has 142 valence electrons. The predicted molar refractivity (Wildman–Crippen MR) is 112 cm³/mol. The van der Waals surface area contributed by atoms with Crippen molar-refractivity contribution in [1.29, 1.82) is 0 Å². The van der Waals surface area contributed by atoms with Gasteiger partial charge in [-0.1, -0.05) is 18.2 Å². The molecule has 0 amide bonds. The number of benzene rings is 2. The van der Waals surface area contributed by atoms with E-state index in [4.69, 9.17) is 4.74 Å². The zero-order chi connectivity index (χ0) is 19.1. The van der Waals surface area contributed by atoms with Crippen LogP contribution in [0, 0.1) is 6.92 Å². The Kier molecular flexibility index (Phi) is 4.30. The van der Waals surface area contributed by atoms with Gasteiger partial charge in [-0.05, 0) is 36.1 Å². The fraction of sp³-hybridized carbons (Fsp3) is 0.227. The number of fused-ring (bicyclic) bond motifs is 2. The molecule has 3 heterocycles. The molecule has 0 unspecified atom stereocenters. The van der Waals surface area contributed by atoms with Crippen LogP contribution in [-0.4, -0.2) is 33.1 Å². The van der Waals surface area contributed by atoms with Crippen LogP contribution < -0.4 is 4.74 Å². The van der Waals surface area contributed by atoms with Gasteiger partial charge in [0, 0.05) is 46.5 Å². The number of hydrogen-bond donors (Lipinski definition) is 2. The van der Waals surface area contributed by atoms with E-state index in [1.807, 2.05) is 13.0 Å². The second kappa shape index (κ2) is 6.96. The van der Waals surface area contributed by atoms with Crippen LogP contribution in [0.15, 0.2) is 48.1 Å². The average Bonchev–Trinajstić information content (AvgIpc) is 3.23. The first kappa shape index (κ1) is 17.3. The number of aromatic nitrogens is 2. The van der Waals surface area contributed by atoms with Crippen molar-refractivity contribution in [2.45, 2.75) is 20.0 Å². The van der Waals surface area contributed by atoms with Crippen LogP contribution in [0.1, 0.15) is 17.0 Å². The fourth-order valence-electron chi connectivity index (χ4n) is 3.80. The third kappa shape index (κ3) is 3.04. The summed E-state index contributed by atoms with van der Waals surface area (Å²) in [6.45, 7) is 4.84. The molecule has 0 atom stereocenters. The highest BCUT2D eigenvalue weighted by molar-refractivity contribution is 7.17. The summed E-state index contributed by atoms with van der Waals surface area (Å²) in [5.41, 5.74) is 5.32. The van der Waals surface area contributed by atoms with Crippen LogP contribution in [-0.2, 0) is 13.1 Å². The third-order valence-electron chi connectivity index (χ3n) is 5.29. The second-order valence-corrected chi connectivity index (χ2v) is 8.07. The first-order valence-electron chi connectivity index (χ1n) is 9.35. The van der Waals surface area contributed by atoms with Gasteiger partial charge in [-0.2, -0.15) is 0 Å². The summed E-state index contributed by atoms with van der Waals surface area (Å²) in [5, 5.41) is 14.0. The summed E-state index contributed by atoms with van der Waals surface area (Å²) in [5.74, 6) is 0.810. The Bertz CT molecular complexity index is 1150. The monoisotopic (exact) mass is 391 g/mol. The average molecular weight is 391 g/mol. The fourth-order valence-corrected chi connectivity index (χ4v) is 4.77. The van der Waals surface area contributed by atoms with E-state index in [2.05, 4.69) is 50.6 Å². The molecule has 2 aromatic heterocycles. The Hall–Kier alpha value is -2.83. The summed E-state index contributed by atoms with van der Waals surface area (Å²) in [7, 11) is 0. The van der Waals surface area contributed by atoms with Gasteiger partial charge in [-0.15, -0.1) is 11.3 Å². The first-order chi connectivity index (χ1) is 13.7. The molecular weight excluding hydrogens is 370 g/mol. The molecule has 4 aromatic rings. The van der Waals surface area contributed by atoms with Gasteiger partial charge in [0.15, 0.2) is 11.5 Å². The van der Waals surface area contributed by atoms with Gasteiger partial charge in [-0.3, -0.25) is 4.90 Å². The van der Waals surface area contributed by atoms with E-state index in [9.17, 15) is 5.11 Å². The van der Waals surface area contributed by atoms with Gasteiger partial charge < -0.3 is 14.8 Å². The predicted octanol–water partition coefficient (Wildman–Crippen LogP) is 4.70. The molecule has 0 saturated heterocycles. The lowest BCUT2D eigenvalue weighted by atomic mass is 10.0. The number of H-pyrrole nitrogens is 1. The largest absolute Gasteiger partial charge is 0.504 e. The van der Waals surface area contributed by atoms with Gasteiger partial charge in [0.05, 0.1) is 12.0 Å². The quantitative estimate of drug-likeness (QED) is 0.531. The van der Waals surface area contributed by atoms with Gasteiger partial charge in [0.2, 0.25) is 0 Å². The van der Waals surface area contributed by atoms with Crippen molar-refractivity contribution in [3.63, 3.8) is 0 Å². The minimum atomic E-state index is 0.209. The van der Waals surface area contributed by atoms with Gasteiger partial charge >= 0.3 is 0 Å². The van der Waals surface area contributed by atoms with Gasteiger partial charge in [0.1, 0.15) is 6.61 Å². The normalized spacial score (nSPS) is 14.6. The van der Waals surface area contributed by atoms with Crippen molar-refractivity contribution < 1.29 is 9.84 Å². The van der Waals surface area contributed by atoms with Crippen molar-refractivity contribution in [2.24, 2.45) is 0 Å². The maximum absolute atomic E-state index is 10.7. The summed E-state index contributed by atoms with van der Waals surface area (Å²) >= 11 is 1.73. The molecule has 28 heavy (non-hydrogen) atoms. The van der Waals surface area contributed by atoms with Crippen molar-refractivity contribution >= 4 is 21.4 Å². The SMILES string of the molecule is Cc1[nH]cnc1CN1CCOc2c(O)cc(-c3csc4ccccc34)cc2C1. The molecule has 6 heteroatoms. The lowest BCUT2D eigenvalue weighted by molar-refractivity contribution is 0.215. The van der Waals surface area contributed by atoms with Crippen LogP contribution in [0.3, 0.4) is 0 Å². The van der Waals surface area contributed by atoms with Crippen LogP contribution in [0.5, 0.6) is 11.5 Å². The molecule has 0 radical (unpaired) electrons. The number of rotatable bonds is 3. The number of nitrogens with one attached hydrogen (secondary N) is 1. The molecule has 2 N–H and O–H groups in total. The molecule has 2 aromatic carbocycles. The van der Waals surface area contributed by atoms with Gasteiger partial charge in [0.25, 0.3) is 0 Å². The van der Waals surface area contributed by atoms with Crippen molar-refractivity contribution in [1.82, 2.24) is 14.9 Å². The minimum absolute atomic E-state index is 0.209. The van der Waals surface area contributed by atoms with E-state index in [1.54, 1.807) is 17.7 Å². The van der Waals surface area contributed by atoms with Gasteiger partial charge in [-0.25, -0.2) is 4.98 Å². The third-order valence-corrected chi connectivity index (χ3v) is 6.26. The second-order valence-electron chi connectivity index (χ2n) is 7.16. The number of nitrogens with zero attached hydrogens (tertiary/aromatic N) is 2. The molecule has 0 fully saturated rings. The molecule has 1 aliphatic heterocycles. The zero-order valence-electron chi connectivity index (χ0n) is 15.6. The number of thiophene rings is 1. The molecule has 0 saturated carbocycles. The maximum Gasteiger partial charge on any atom is 0.165 e. The highest BCUT2D eigenvalue weighted by Gasteiger charge is 2.21. The maximum atomic E-state index is 10.7. The lowest BCUT2D eigenvalue weighted by Gasteiger charge is -2.18. The van der Waals surface area contributed by atoms with E-state index in [-0.39, 0.29) is 5.75 Å². The Labute approximate surface area is 167 Å². The number of phenolic OH excluding ortho intramolecular Hbond substituents is 1. The Morgan fingerprint density at radius 1 is 1.29 bits per heavy atom. The standard InChI is InChI=1S/C22H21N3O2S/c1-14-19(24-13-23-14)11-25-6-7-27-22-16(10-25)8-15(9-20(22)26)18-12-28-21-5-3-2-4-17(18)21/h2-5,8-9,12-13,26H,6-7,10-11H2,1H3,(H,23,24). The van der Waals surface area contributed by atoms with E-state index in [0.29, 0.717) is 18.9 Å². The van der Waals surface area contributed by atoms with Crippen molar-refractivity contribution in [3.8, 4) is 22.6 Å². The minimum Gasteiger partial charge on any atom is -0.504 e. The molecule has 0 aliphatic carbocycles. The zero-order valence-corrected chi connectivity index (χ0v) is 16.4. The van der Waals surface area contributed by atoms with E-state index >= 15 is 0 Å². The van der Waals surface area contributed by atoms with E-state index in [1.165, 1.54) is 10.1 Å².